The molecule has 1 amide bonds. The van der Waals surface area contributed by atoms with Crippen LogP contribution >= 0.6 is 12.4 Å². The van der Waals surface area contributed by atoms with Gasteiger partial charge in [0, 0.05) is 6.42 Å². The van der Waals surface area contributed by atoms with Gasteiger partial charge in [0.05, 0.1) is 12.3 Å². The maximum Gasteiger partial charge on any atom is 0.225 e. The number of benzene rings is 1. The fourth-order valence-corrected chi connectivity index (χ4v) is 3.24. The summed E-state index contributed by atoms with van der Waals surface area (Å²) in [5.41, 5.74) is 6.72. The molecule has 0 aliphatic heterocycles. The van der Waals surface area contributed by atoms with Crippen LogP contribution in [0.25, 0.3) is 0 Å². The van der Waals surface area contributed by atoms with Crippen molar-refractivity contribution in [3.63, 3.8) is 0 Å². The van der Waals surface area contributed by atoms with Crippen molar-refractivity contribution >= 4 is 24.0 Å². The average molecular weight is 355 g/mol. The molecule has 2 rings (SSSR count). The van der Waals surface area contributed by atoms with Crippen molar-refractivity contribution in [3.8, 4) is 5.75 Å². The number of hydrogen-bond acceptors (Lipinski definition) is 3. The van der Waals surface area contributed by atoms with E-state index in [0.717, 1.165) is 24.3 Å². The second-order valence-electron chi connectivity index (χ2n) is 7.19. The van der Waals surface area contributed by atoms with Crippen LogP contribution < -0.4 is 15.8 Å². The molecule has 1 saturated carbocycles. The molecule has 4 nitrogen and oxygen atoms in total. The SMILES string of the molecule is CC(C)COc1ccccc1NC(=O)CC1(CN)CCCCC1.Cl. The Morgan fingerprint density at radius 1 is 1.25 bits per heavy atom. The minimum atomic E-state index is -0.0178. The molecule has 3 N–H and O–H groups in total. The number of ether oxygens (including phenoxy) is 1. The molecule has 1 aliphatic carbocycles. The summed E-state index contributed by atoms with van der Waals surface area (Å²) in [6.07, 6.45) is 6.24. The zero-order valence-corrected chi connectivity index (χ0v) is 15.7. The number of nitrogens with one attached hydrogen (secondary N) is 1. The van der Waals surface area contributed by atoms with E-state index in [0.29, 0.717) is 25.5 Å². The summed E-state index contributed by atoms with van der Waals surface area (Å²) in [6, 6.07) is 7.63. The number of hydrogen-bond donors (Lipinski definition) is 2. The predicted molar refractivity (Wildman–Crippen MR) is 102 cm³/mol. The molecule has 0 aromatic heterocycles. The number of anilines is 1. The summed E-state index contributed by atoms with van der Waals surface area (Å²) in [7, 11) is 0. The van der Waals surface area contributed by atoms with Crippen molar-refractivity contribution < 1.29 is 9.53 Å². The van der Waals surface area contributed by atoms with Crippen LogP contribution in [0.15, 0.2) is 24.3 Å². The molecule has 136 valence electrons. The smallest absolute Gasteiger partial charge is 0.225 e. The Labute approximate surface area is 151 Å². The van der Waals surface area contributed by atoms with Crippen molar-refractivity contribution in [2.45, 2.75) is 52.4 Å². The number of para-hydroxylation sites is 2. The van der Waals surface area contributed by atoms with Gasteiger partial charge >= 0.3 is 0 Å². The van der Waals surface area contributed by atoms with E-state index in [2.05, 4.69) is 19.2 Å². The average Bonchev–Trinajstić information content (AvgIpc) is 2.54. The highest BCUT2D eigenvalue weighted by molar-refractivity contribution is 5.92. The van der Waals surface area contributed by atoms with E-state index in [1.165, 1.54) is 19.3 Å². The van der Waals surface area contributed by atoms with Crippen LogP contribution in [-0.4, -0.2) is 19.1 Å². The van der Waals surface area contributed by atoms with Crippen LogP contribution in [0.1, 0.15) is 52.4 Å². The second kappa shape index (κ2) is 9.90. The summed E-state index contributed by atoms with van der Waals surface area (Å²) in [5.74, 6) is 1.22. The number of amides is 1. The van der Waals surface area contributed by atoms with E-state index in [9.17, 15) is 4.79 Å². The molecule has 5 heteroatoms. The topological polar surface area (TPSA) is 64.3 Å². The monoisotopic (exact) mass is 354 g/mol. The number of carbonyl (C=O) groups excluding carboxylic acids is 1. The van der Waals surface area contributed by atoms with E-state index in [-0.39, 0.29) is 23.7 Å². The summed E-state index contributed by atoms with van der Waals surface area (Å²) in [6.45, 7) is 5.44. The minimum Gasteiger partial charge on any atom is -0.491 e. The van der Waals surface area contributed by atoms with Crippen LogP contribution in [0.3, 0.4) is 0 Å². The van der Waals surface area contributed by atoms with Gasteiger partial charge in [0.15, 0.2) is 0 Å². The van der Waals surface area contributed by atoms with Gasteiger partial charge in [-0.3, -0.25) is 4.79 Å². The zero-order chi connectivity index (χ0) is 16.7. The number of halogens is 1. The molecule has 0 spiro atoms. The molecule has 1 aliphatic rings. The Hall–Kier alpha value is -1.26. The molecule has 0 unspecified atom stereocenters. The lowest BCUT2D eigenvalue weighted by atomic mass is 9.71. The maximum absolute atomic E-state index is 12.5. The van der Waals surface area contributed by atoms with E-state index in [4.69, 9.17) is 10.5 Å². The van der Waals surface area contributed by atoms with Gasteiger partial charge in [-0.2, -0.15) is 0 Å². The highest BCUT2D eigenvalue weighted by Crippen LogP contribution is 2.38. The molecule has 0 heterocycles. The molecule has 1 aromatic rings. The first-order valence-corrected chi connectivity index (χ1v) is 8.76. The Bertz CT molecular complexity index is 514. The van der Waals surface area contributed by atoms with Crippen LogP contribution in [0.2, 0.25) is 0 Å². The Morgan fingerprint density at radius 3 is 2.54 bits per heavy atom. The molecule has 1 fully saturated rings. The van der Waals surface area contributed by atoms with Gasteiger partial charge in [-0.1, -0.05) is 45.2 Å². The highest BCUT2D eigenvalue weighted by Gasteiger charge is 2.33. The van der Waals surface area contributed by atoms with Gasteiger partial charge in [0.25, 0.3) is 0 Å². The summed E-state index contributed by atoms with van der Waals surface area (Å²) < 4.78 is 5.80. The minimum absolute atomic E-state index is 0. The molecule has 0 atom stereocenters. The molecular formula is C19H31ClN2O2. The van der Waals surface area contributed by atoms with Gasteiger partial charge in [0.2, 0.25) is 5.91 Å². The Balaban J connectivity index is 0.00000288. The lowest BCUT2D eigenvalue weighted by molar-refractivity contribution is -0.118. The maximum atomic E-state index is 12.5. The molecule has 0 saturated heterocycles. The number of carbonyl (C=O) groups is 1. The fraction of sp³-hybridized carbons (Fsp3) is 0.632. The second-order valence-corrected chi connectivity index (χ2v) is 7.19. The fourth-order valence-electron chi connectivity index (χ4n) is 3.24. The third-order valence-electron chi connectivity index (χ3n) is 4.62. The van der Waals surface area contributed by atoms with Crippen LogP contribution in [-0.2, 0) is 4.79 Å². The van der Waals surface area contributed by atoms with Crippen LogP contribution in [0.4, 0.5) is 5.69 Å². The van der Waals surface area contributed by atoms with Crippen molar-refractivity contribution in [1.29, 1.82) is 0 Å². The summed E-state index contributed by atoms with van der Waals surface area (Å²) >= 11 is 0. The van der Waals surface area contributed by atoms with Crippen molar-refractivity contribution in [3.05, 3.63) is 24.3 Å². The van der Waals surface area contributed by atoms with E-state index >= 15 is 0 Å². The van der Waals surface area contributed by atoms with Gasteiger partial charge < -0.3 is 15.8 Å². The van der Waals surface area contributed by atoms with Crippen LogP contribution in [0.5, 0.6) is 5.75 Å². The molecule has 1 aromatic carbocycles. The van der Waals surface area contributed by atoms with Gasteiger partial charge in [-0.05, 0) is 42.9 Å². The van der Waals surface area contributed by atoms with E-state index in [1.807, 2.05) is 24.3 Å². The van der Waals surface area contributed by atoms with E-state index < -0.39 is 0 Å². The first-order valence-electron chi connectivity index (χ1n) is 8.76. The first kappa shape index (κ1) is 20.8. The number of rotatable bonds is 7. The van der Waals surface area contributed by atoms with Crippen molar-refractivity contribution in [2.75, 3.05) is 18.5 Å². The largest absolute Gasteiger partial charge is 0.491 e. The lowest BCUT2D eigenvalue weighted by Gasteiger charge is -2.35. The van der Waals surface area contributed by atoms with Gasteiger partial charge in [-0.15, -0.1) is 12.4 Å². The summed E-state index contributed by atoms with van der Waals surface area (Å²) in [4.78, 5) is 12.5. The molecule has 0 radical (unpaired) electrons. The first-order chi connectivity index (χ1) is 11.0. The summed E-state index contributed by atoms with van der Waals surface area (Å²) in [5, 5.41) is 3.02. The van der Waals surface area contributed by atoms with Gasteiger partial charge in [0.1, 0.15) is 5.75 Å². The zero-order valence-electron chi connectivity index (χ0n) is 14.8. The van der Waals surface area contributed by atoms with Crippen molar-refractivity contribution in [2.24, 2.45) is 17.1 Å². The lowest BCUT2D eigenvalue weighted by Crippen LogP contribution is -2.36. The molecule has 24 heavy (non-hydrogen) atoms. The quantitative estimate of drug-likeness (QED) is 0.763. The van der Waals surface area contributed by atoms with E-state index in [1.54, 1.807) is 0 Å². The normalized spacial score (nSPS) is 16.3. The van der Waals surface area contributed by atoms with Crippen molar-refractivity contribution in [1.82, 2.24) is 0 Å². The standard InChI is InChI=1S/C19H30N2O2.ClH/c1-15(2)13-23-17-9-5-4-8-16(17)21-18(22)12-19(14-20)10-6-3-7-11-19;/h4-5,8-9,15H,3,6-7,10-14,20H2,1-2H3,(H,21,22);1H. The number of nitrogens with two attached hydrogens (primary N) is 1. The predicted octanol–water partition coefficient (Wildman–Crippen LogP) is 4.38. The Morgan fingerprint density at radius 2 is 1.92 bits per heavy atom. The third-order valence-corrected chi connectivity index (χ3v) is 4.62. The van der Waals surface area contributed by atoms with Crippen LogP contribution in [0, 0.1) is 11.3 Å². The molecule has 0 bridgehead atoms. The van der Waals surface area contributed by atoms with Gasteiger partial charge in [-0.25, -0.2) is 0 Å². The third kappa shape index (κ3) is 5.99. The Kier molecular flexibility index (Phi) is 8.57. The highest BCUT2D eigenvalue weighted by atomic mass is 35.5. The molecular weight excluding hydrogens is 324 g/mol.